The lowest BCUT2D eigenvalue weighted by Gasteiger charge is -2.21. The lowest BCUT2D eigenvalue weighted by Crippen LogP contribution is -2.31. The van der Waals surface area contributed by atoms with Crippen molar-refractivity contribution in [3.05, 3.63) is 73.3 Å². The zero-order valence-corrected chi connectivity index (χ0v) is 23.2. The van der Waals surface area contributed by atoms with Crippen LogP contribution in [-0.2, 0) is 17.3 Å². The Morgan fingerprint density at radius 1 is 1.19 bits per heavy atom. The fourth-order valence-corrected chi connectivity index (χ4v) is 4.54. The lowest BCUT2D eigenvalue weighted by molar-refractivity contribution is 0.0948. The van der Waals surface area contributed by atoms with Gasteiger partial charge in [-0.1, -0.05) is 6.07 Å². The molecular weight excluding hydrogens is 616 g/mol. The number of ether oxygens (including phenoxy) is 1. The van der Waals surface area contributed by atoms with Crippen molar-refractivity contribution >= 4 is 55.9 Å². The molecule has 196 valence electrons. The van der Waals surface area contributed by atoms with E-state index < -0.39 is 27.5 Å². The molecule has 1 heterocycles. The average molecular weight is 641 g/mol. The number of hydrogen-bond donors (Lipinski definition) is 4. The summed E-state index contributed by atoms with van der Waals surface area (Å²) in [6.07, 6.45) is 1.66. The smallest absolute Gasteiger partial charge is 0.298 e. The number of anilines is 3. The molecule has 1 aromatic heterocycles. The molecule has 0 radical (unpaired) electrons. The molecule has 1 aliphatic carbocycles. The summed E-state index contributed by atoms with van der Waals surface area (Å²) in [7, 11) is -1.03. The maximum absolute atomic E-state index is 14.7. The van der Waals surface area contributed by atoms with Crippen molar-refractivity contribution in [2.24, 2.45) is 7.05 Å². The predicted molar refractivity (Wildman–Crippen MR) is 147 cm³/mol. The molecule has 1 aliphatic rings. The van der Waals surface area contributed by atoms with Gasteiger partial charge in [0.25, 0.3) is 21.7 Å². The highest BCUT2D eigenvalue weighted by molar-refractivity contribution is 14.1. The molecule has 0 aliphatic heterocycles. The van der Waals surface area contributed by atoms with Crippen LogP contribution in [0, 0.1) is 16.3 Å². The van der Waals surface area contributed by atoms with Crippen molar-refractivity contribution in [2.75, 3.05) is 17.1 Å². The zero-order valence-electron chi connectivity index (χ0n) is 20.2. The first-order valence-corrected chi connectivity index (χ1v) is 13.8. The fraction of sp³-hybridized carbons (Fsp3) is 0.250. The highest BCUT2D eigenvalue weighted by Crippen LogP contribution is 2.35. The van der Waals surface area contributed by atoms with Gasteiger partial charge in [-0.3, -0.25) is 18.9 Å². The van der Waals surface area contributed by atoms with E-state index in [1.165, 1.54) is 49.9 Å². The second kappa shape index (κ2) is 10.7. The molecule has 1 saturated carbocycles. The van der Waals surface area contributed by atoms with Gasteiger partial charge >= 0.3 is 0 Å². The van der Waals surface area contributed by atoms with Gasteiger partial charge in [-0.05, 0) is 72.7 Å². The number of halogens is 2. The summed E-state index contributed by atoms with van der Waals surface area (Å²) in [5.74, 6) is -0.837. The fourth-order valence-electron chi connectivity index (χ4n) is 3.55. The Kier molecular flexibility index (Phi) is 7.75. The first-order valence-electron chi connectivity index (χ1n) is 11.2. The van der Waals surface area contributed by atoms with Gasteiger partial charge in [0.1, 0.15) is 22.9 Å². The molecule has 3 aromatic rings. The van der Waals surface area contributed by atoms with Crippen molar-refractivity contribution < 1.29 is 22.3 Å². The van der Waals surface area contributed by atoms with E-state index in [1.807, 2.05) is 22.6 Å². The molecule has 0 saturated heterocycles. The minimum Gasteiger partial charge on any atom is -0.456 e. The summed E-state index contributed by atoms with van der Waals surface area (Å²) in [4.78, 5) is 26.6. The molecular formula is C24H25FIN5O5S. The monoisotopic (exact) mass is 641 g/mol. The van der Waals surface area contributed by atoms with Gasteiger partial charge in [-0.15, -0.1) is 0 Å². The van der Waals surface area contributed by atoms with E-state index in [0.717, 1.165) is 12.8 Å². The molecule has 4 N–H and O–H groups in total. The Morgan fingerprint density at radius 2 is 1.92 bits per heavy atom. The van der Waals surface area contributed by atoms with Gasteiger partial charge in [0.05, 0.1) is 16.9 Å². The Morgan fingerprint density at radius 3 is 2.57 bits per heavy atom. The van der Waals surface area contributed by atoms with Gasteiger partial charge in [-0.2, -0.15) is 8.42 Å². The average Bonchev–Trinajstić information content (AvgIpc) is 3.66. The Hall–Kier alpha value is -3.17. The molecule has 37 heavy (non-hydrogen) atoms. The number of aromatic nitrogens is 1. The van der Waals surface area contributed by atoms with E-state index >= 15 is 0 Å². The molecule has 2 aromatic carbocycles. The highest BCUT2D eigenvalue weighted by Gasteiger charge is 2.30. The van der Waals surface area contributed by atoms with Crippen LogP contribution >= 0.6 is 22.6 Å². The number of pyridine rings is 1. The van der Waals surface area contributed by atoms with Crippen molar-refractivity contribution in [3.8, 4) is 11.5 Å². The minimum absolute atomic E-state index is 0.0000543. The SMILES string of the molecule is CNS(=O)(=O)Nc1cccc(Oc2c(C(=O)NC3CC3)c(Nc3ccc(I)cc3F)n(C)c(=O)c2C)c1. The topological polar surface area (TPSA) is 131 Å². The molecule has 0 atom stereocenters. The van der Waals surface area contributed by atoms with E-state index in [4.69, 9.17) is 4.74 Å². The summed E-state index contributed by atoms with van der Waals surface area (Å²) in [5.41, 5.74) is -0.00633. The van der Waals surface area contributed by atoms with Crippen LogP contribution in [0.2, 0.25) is 0 Å². The Bertz CT molecular complexity index is 1540. The lowest BCUT2D eigenvalue weighted by atomic mass is 10.1. The third-order valence-electron chi connectivity index (χ3n) is 5.66. The maximum atomic E-state index is 14.7. The Balaban J connectivity index is 1.83. The van der Waals surface area contributed by atoms with Crippen LogP contribution in [0.4, 0.5) is 21.6 Å². The van der Waals surface area contributed by atoms with E-state index in [-0.39, 0.29) is 45.9 Å². The molecule has 0 bridgehead atoms. The van der Waals surface area contributed by atoms with Gasteiger partial charge in [0.15, 0.2) is 5.75 Å². The van der Waals surface area contributed by atoms with Gasteiger partial charge < -0.3 is 15.4 Å². The number of carbonyl (C=O) groups is 1. The van der Waals surface area contributed by atoms with Crippen molar-refractivity contribution in [1.82, 2.24) is 14.6 Å². The summed E-state index contributed by atoms with van der Waals surface area (Å²) in [6.45, 7) is 1.52. The van der Waals surface area contributed by atoms with Crippen molar-refractivity contribution in [2.45, 2.75) is 25.8 Å². The van der Waals surface area contributed by atoms with Crippen LogP contribution in [0.5, 0.6) is 11.5 Å². The van der Waals surface area contributed by atoms with Gasteiger partial charge in [0, 0.05) is 29.8 Å². The van der Waals surface area contributed by atoms with Crippen molar-refractivity contribution in [1.29, 1.82) is 0 Å². The second-order valence-electron chi connectivity index (χ2n) is 8.48. The number of nitrogens with one attached hydrogen (secondary N) is 4. The minimum atomic E-state index is -3.78. The molecule has 10 nitrogen and oxygen atoms in total. The van der Waals surface area contributed by atoms with Crippen LogP contribution in [0.25, 0.3) is 0 Å². The number of carbonyl (C=O) groups excluding carboxylic acids is 1. The van der Waals surface area contributed by atoms with Crippen LogP contribution < -0.4 is 30.4 Å². The van der Waals surface area contributed by atoms with E-state index in [2.05, 4.69) is 20.1 Å². The number of hydrogen-bond acceptors (Lipinski definition) is 6. The standard InChI is InChI=1S/C24H25FIN5O5S/c1-13-21(36-17-6-4-5-16(12-17)30-37(34,35)27-2)20(23(32)28-15-8-9-15)22(31(3)24(13)33)29-19-10-7-14(26)11-18(19)25/h4-7,10-12,15,27,29-30H,8-9H2,1-3H3,(H,28,32). The quantitative estimate of drug-likeness (QED) is 0.264. The highest BCUT2D eigenvalue weighted by atomic mass is 127. The van der Waals surface area contributed by atoms with Crippen molar-refractivity contribution in [3.63, 3.8) is 0 Å². The number of rotatable bonds is 9. The van der Waals surface area contributed by atoms with E-state index in [9.17, 15) is 22.4 Å². The second-order valence-corrected chi connectivity index (χ2v) is 11.3. The number of benzene rings is 2. The predicted octanol–water partition coefficient (Wildman–Crippen LogP) is 3.74. The summed E-state index contributed by atoms with van der Waals surface area (Å²) in [6, 6.07) is 10.6. The zero-order chi connectivity index (χ0) is 26.9. The molecule has 0 spiro atoms. The molecule has 1 amide bonds. The van der Waals surface area contributed by atoms with Crippen LogP contribution in [-0.4, -0.2) is 32.0 Å². The maximum Gasteiger partial charge on any atom is 0.298 e. The molecule has 1 fully saturated rings. The van der Waals surface area contributed by atoms with Gasteiger partial charge in [-0.25, -0.2) is 9.11 Å². The number of nitrogens with zero attached hydrogens (tertiary/aromatic N) is 1. The summed E-state index contributed by atoms with van der Waals surface area (Å²) < 4.78 is 51.0. The van der Waals surface area contributed by atoms with E-state index in [0.29, 0.717) is 3.57 Å². The Labute approximate surface area is 226 Å². The third kappa shape index (κ3) is 6.22. The van der Waals surface area contributed by atoms with Crippen LogP contribution in [0.3, 0.4) is 0 Å². The molecule has 0 unspecified atom stereocenters. The van der Waals surface area contributed by atoms with Gasteiger partial charge in [0.2, 0.25) is 0 Å². The molecule has 4 rings (SSSR count). The summed E-state index contributed by atoms with van der Waals surface area (Å²) in [5, 5.41) is 5.80. The largest absolute Gasteiger partial charge is 0.456 e. The van der Waals surface area contributed by atoms with Crippen LogP contribution in [0.15, 0.2) is 47.3 Å². The first kappa shape index (κ1) is 26.9. The van der Waals surface area contributed by atoms with Crippen LogP contribution in [0.1, 0.15) is 28.8 Å². The number of amides is 1. The first-order chi connectivity index (χ1) is 17.5. The third-order valence-corrected chi connectivity index (χ3v) is 7.38. The molecule has 13 heteroatoms. The summed E-state index contributed by atoms with van der Waals surface area (Å²) >= 11 is 1.98. The van der Waals surface area contributed by atoms with E-state index in [1.54, 1.807) is 18.2 Å². The normalized spacial score (nSPS) is 13.2.